The zero-order valence-electron chi connectivity index (χ0n) is 21.0. The van der Waals surface area contributed by atoms with Crippen LogP contribution in [0.4, 0.5) is 0 Å². The largest absolute Gasteiger partial charge is 0.461 e. The molecule has 0 bridgehead atoms. The van der Waals surface area contributed by atoms with E-state index in [0.717, 1.165) is 37.7 Å². The molecule has 1 amide bonds. The molecule has 7 heteroatoms. The number of hydrogen-bond acceptors (Lipinski definition) is 6. The van der Waals surface area contributed by atoms with Crippen LogP contribution in [-0.2, 0) is 30.3 Å². The van der Waals surface area contributed by atoms with E-state index in [1.165, 1.54) is 0 Å². The van der Waals surface area contributed by atoms with E-state index >= 15 is 0 Å². The summed E-state index contributed by atoms with van der Waals surface area (Å²) in [5.41, 5.74) is 0.906. The third-order valence-corrected chi connectivity index (χ3v) is 6.38. The normalized spacial score (nSPS) is 26.8. The van der Waals surface area contributed by atoms with Crippen molar-refractivity contribution in [3.8, 4) is 0 Å². The smallest absolute Gasteiger partial charge is 0.313 e. The molecule has 0 saturated carbocycles. The topological polar surface area (TPSA) is 102 Å². The Morgan fingerprint density at radius 2 is 1.71 bits per heavy atom. The highest BCUT2D eigenvalue weighted by Gasteiger charge is 2.37. The average molecular weight is 476 g/mol. The number of carbonyl (C=O) groups is 3. The first kappa shape index (κ1) is 27.8. The van der Waals surface area contributed by atoms with Gasteiger partial charge in [0.15, 0.2) is 6.10 Å². The number of aliphatic hydroxyl groups excluding tert-OH is 1. The van der Waals surface area contributed by atoms with Crippen LogP contribution in [0.1, 0.15) is 78.2 Å². The van der Waals surface area contributed by atoms with Crippen molar-refractivity contribution in [2.45, 2.75) is 103 Å². The van der Waals surface area contributed by atoms with Gasteiger partial charge in [-0.3, -0.25) is 14.4 Å². The number of nitrogens with one attached hydrogen (secondary N) is 1. The maximum absolute atomic E-state index is 13.1. The first-order chi connectivity index (χ1) is 16.2. The van der Waals surface area contributed by atoms with Crippen LogP contribution < -0.4 is 5.32 Å². The molecule has 0 aliphatic carbocycles. The molecule has 0 radical (unpaired) electrons. The first-order valence-corrected chi connectivity index (χ1v) is 12.6. The quantitative estimate of drug-likeness (QED) is 0.414. The number of benzene rings is 1. The van der Waals surface area contributed by atoms with Gasteiger partial charge in [0.05, 0.1) is 24.5 Å². The van der Waals surface area contributed by atoms with E-state index in [2.05, 4.69) is 12.2 Å². The maximum atomic E-state index is 13.1. The molecule has 1 aliphatic rings. The van der Waals surface area contributed by atoms with E-state index in [1.54, 1.807) is 6.92 Å². The average Bonchev–Trinajstić information content (AvgIpc) is 2.80. The molecule has 190 valence electrons. The molecule has 1 aromatic rings. The summed E-state index contributed by atoms with van der Waals surface area (Å²) in [4.78, 5) is 38.7. The fourth-order valence-corrected chi connectivity index (χ4v) is 4.18. The molecule has 0 spiro atoms. The second-order valence-electron chi connectivity index (χ2n) is 9.70. The van der Waals surface area contributed by atoms with Gasteiger partial charge in [-0.2, -0.15) is 0 Å². The van der Waals surface area contributed by atoms with Crippen molar-refractivity contribution in [2.24, 2.45) is 11.8 Å². The van der Waals surface area contributed by atoms with Crippen molar-refractivity contribution in [2.75, 3.05) is 0 Å². The molecule has 1 fully saturated rings. The molecular weight excluding hydrogens is 434 g/mol. The van der Waals surface area contributed by atoms with Gasteiger partial charge in [0.1, 0.15) is 6.10 Å². The summed E-state index contributed by atoms with van der Waals surface area (Å²) in [7, 11) is 0. The van der Waals surface area contributed by atoms with Crippen molar-refractivity contribution in [3.05, 3.63) is 35.9 Å². The molecule has 0 unspecified atom stereocenters. The molecule has 1 heterocycles. The van der Waals surface area contributed by atoms with Crippen LogP contribution in [0, 0.1) is 11.8 Å². The van der Waals surface area contributed by atoms with Crippen LogP contribution in [0.2, 0.25) is 0 Å². The number of esters is 2. The highest BCUT2D eigenvalue weighted by atomic mass is 16.6. The highest BCUT2D eigenvalue weighted by molar-refractivity contribution is 5.85. The number of hydrogen-bond donors (Lipinski definition) is 2. The molecule has 34 heavy (non-hydrogen) atoms. The predicted octanol–water partition coefficient (Wildman–Crippen LogP) is 3.95. The van der Waals surface area contributed by atoms with E-state index in [0.29, 0.717) is 12.8 Å². The Morgan fingerprint density at radius 1 is 1.03 bits per heavy atom. The SMILES string of the molecule is CCCCCCC[C@H]1OC(=O)C[C@@H](O)[C@H](Cc2ccccc2)NC(=O)[C@H](C(C)C)OC(=O)[C@H]1C. The Balaban J connectivity index is 2.24. The van der Waals surface area contributed by atoms with Crippen molar-refractivity contribution < 1.29 is 29.0 Å². The number of ether oxygens (including phenoxy) is 2. The number of amides is 1. The van der Waals surface area contributed by atoms with Gasteiger partial charge in [-0.25, -0.2) is 0 Å². The van der Waals surface area contributed by atoms with Crippen LogP contribution in [0.15, 0.2) is 30.3 Å². The molecule has 0 aromatic heterocycles. The summed E-state index contributed by atoms with van der Waals surface area (Å²) in [5.74, 6) is -2.58. The lowest BCUT2D eigenvalue weighted by Gasteiger charge is -2.31. The second-order valence-corrected chi connectivity index (χ2v) is 9.70. The standard InChI is InChI=1S/C27H41NO6/c1-5-6-7-8-12-15-23-19(4)27(32)34-25(18(2)3)26(31)28-21(22(29)17-24(30)33-23)16-20-13-10-9-11-14-20/h9-11,13-14,18-19,21-23,25,29H,5-8,12,15-17H2,1-4H3,(H,28,31)/t19-,21-,22+,23+,25-/m0/s1. The van der Waals surface area contributed by atoms with Gasteiger partial charge >= 0.3 is 11.9 Å². The third-order valence-electron chi connectivity index (χ3n) is 6.38. The van der Waals surface area contributed by atoms with Gasteiger partial charge in [0, 0.05) is 0 Å². The number of unbranched alkanes of at least 4 members (excludes halogenated alkanes) is 4. The summed E-state index contributed by atoms with van der Waals surface area (Å²) in [5, 5.41) is 13.7. The number of cyclic esters (lactones) is 2. The van der Waals surface area contributed by atoms with Gasteiger partial charge in [-0.1, -0.05) is 76.8 Å². The highest BCUT2D eigenvalue weighted by Crippen LogP contribution is 2.22. The van der Waals surface area contributed by atoms with Crippen LogP contribution in [0.5, 0.6) is 0 Å². The number of rotatable bonds is 9. The van der Waals surface area contributed by atoms with E-state index < -0.39 is 48.1 Å². The minimum atomic E-state index is -1.14. The third kappa shape index (κ3) is 8.75. The van der Waals surface area contributed by atoms with E-state index in [9.17, 15) is 19.5 Å². The molecule has 7 nitrogen and oxygen atoms in total. The Hall–Kier alpha value is -2.41. The predicted molar refractivity (Wildman–Crippen MR) is 130 cm³/mol. The zero-order chi connectivity index (χ0) is 25.1. The zero-order valence-corrected chi connectivity index (χ0v) is 21.0. The molecule has 1 aromatic carbocycles. The Morgan fingerprint density at radius 3 is 2.35 bits per heavy atom. The Labute approximate surface area is 203 Å². The first-order valence-electron chi connectivity index (χ1n) is 12.6. The van der Waals surface area contributed by atoms with Crippen molar-refractivity contribution in [1.29, 1.82) is 0 Å². The van der Waals surface area contributed by atoms with Gasteiger partial charge < -0.3 is 19.9 Å². The van der Waals surface area contributed by atoms with Gasteiger partial charge in [-0.05, 0) is 37.7 Å². The van der Waals surface area contributed by atoms with Crippen LogP contribution in [0.3, 0.4) is 0 Å². The van der Waals surface area contributed by atoms with Crippen molar-refractivity contribution >= 4 is 17.8 Å². The number of aliphatic hydroxyl groups is 1. The molecule has 5 atom stereocenters. The monoisotopic (exact) mass is 475 g/mol. The second kappa shape index (κ2) is 14.1. The maximum Gasteiger partial charge on any atom is 0.313 e. The van der Waals surface area contributed by atoms with E-state index in [4.69, 9.17) is 9.47 Å². The van der Waals surface area contributed by atoms with E-state index in [-0.39, 0.29) is 12.3 Å². The lowest BCUT2D eigenvalue weighted by molar-refractivity contribution is -0.172. The Bertz CT molecular complexity index is 781. The fourth-order valence-electron chi connectivity index (χ4n) is 4.18. The summed E-state index contributed by atoms with van der Waals surface area (Å²) >= 11 is 0. The fraction of sp³-hybridized carbons (Fsp3) is 0.667. The van der Waals surface area contributed by atoms with Crippen LogP contribution in [-0.4, -0.2) is 47.3 Å². The van der Waals surface area contributed by atoms with E-state index in [1.807, 2.05) is 44.2 Å². The number of carbonyl (C=O) groups excluding carboxylic acids is 3. The van der Waals surface area contributed by atoms with Crippen molar-refractivity contribution in [1.82, 2.24) is 5.32 Å². The van der Waals surface area contributed by atoms with Gasteiger partial charge in [0.25, 0.3) is 5.91 Å². The lowest BCUT2D eigenvalue weighted by atomic mass is 9.96. The minimum Gasteiger partial charge on any atom is -0.461 e. The summed E-state index contributed by atoms with van der Waals surface area (Å²) < 4.78 is 11.3. The van der Waals surface area contributed by atoms with Crippen LogP contribution in [0.25, 0.3) is 0 Å². The molecule has 2 N–H and O–H groups in total. The Kier molecular flexibility index (Phi) is 11.5. The van der Waals surface area contributed by atoms with Crippen molar-refractivity contribution in [3.63, 3.8) is 0 Å². The summed E-state index contributed by atoms with van der Waals surface area (Å²) in [6.45, 7) is 7.43. The van der Waals surface area contributed by atoms with Gasteiger partial charge in [-0.15, -0.1) is 0 Å². The lowest BCUT2D eigenvalue weighted by Crippen LogP contribution is -2.52. The summed E-state index contributed by atoms with van der Waals surface area (Å²) in [6.07, 6.45) is 2.97. The molecule has 1 aliphatic heterocycles. The molecule has 2 rings (SSSR count). The van der Waals surface area contributed by atoms with Crippen LogP contribution >= 0.6 is 0 Å². The molecular formula is C27H41NO6. The summed E-state index contributed by atoms with van der Waals surface area (Å²) in [6, 6.07) is 8.69. The van der Waals surface area contributed by atoms with Gasteiger partial charge in [0.2, 0.25) is 0 Å². The minimum absolute atomic E-state index is 0.261. The molecule has 1 saturated heterocycles.